The Labute approximate surface area is 254 Å². The van der Waals surface area contributed by atoms with E-state index in [9.17, 15) is 14.0 Å². The van der Waals surface area contributed by atoms with Crippen molar-refractivity contribution in [1.82, 2.24) is 30.0 Å². The lowest BCUT2D eigenvalue weighted by atomic mass is 9.71. The number of likely N-dealkylation sites (tertiary alicyclic amines) is 1. The molecule has 1 saturated carbocycles. The lowest BCUT2D eigenvalue weighted by Crippen LogP contribution is -2.61. The molecule has 0 atom stereocenters. The molecule has 234 valence electrons. The van der Waals surface area contributed by atoms with Crippen molar-refractivity contribution in [2.24, 2.45) is 11.3 Å². The maximum Gasteiger partial charge on any atom is 0.317 e. The zero-order chi connectivity index (χ0) is 30.7. The SMILES string of the molecule is CC(C)N(C)C(=O)c1cc(F)ccc1Oc1cncnc1N1CC2(CCN(CC3CCC(NC(=O)N(C)C)CC3)CC2)C1. The summed E-state index contributed by atoms with van der Waals surface area (Å²) in [6, 6.07) is 4.27. The summed E-state index contributed by atoms with van der Waals surface area (Å²) in [4.78, 5) is 41.8. The van der Waals surface area contributed by atoms with Crippen LogP contribution in [0.4, 0.5) is 15.0 Å². The monoisotopic (exact) mass is 595 g/mol. The molecule has 10 nitrogen and oxygen atoms in total. The minimum Gasteiger partial charge on any atom is -0.451 e. The van der Waals surface area contributed by atoms with E-state index >= 15 is 0 Å². The number of piperidine rings is 1. The third kappa shape index (κ3) is 7.20. The first-order chi connectivity index (χ1) is 20.5. The lowest BCUT2D eigenvalue weighted by Gasteiger charge is -2.54. The van der Waals surface area contributed by atoms with Crippen LogP contribution in [0.2, 0.25) is 0 Å². The second-order valence-corrected chi connectivity index (χ2v) is 13.2. The van der Waals surface area contributed by atoms with Gasteiger partial charge in [0.15, 0.2) is 11.6 Å². The van der Waals surface area contributed by atoms with Crippen LogP contribution in [0.3, 0.4) is 0 Å². The Hall–Kier alpha value is -3.47. The Morgan fingerprint density at radius 1 is 1.09 bits per heavy atom. The first-order valence-electron chi connectivity index (χ1n) is 15.5. The predicted molar refractivity (Wildman–Crippen MR) is 164 cm³/mol. The van der Waals surface area contributed by atoms with E-state index in [4.69, 9.17) is 4.74 Å². The third-order valence-electron chi connectivity index (χ3n) is 9.51. The van der Waals surface area contributed by atoms with Crippen LogP contribution in [0.1, 0.15) is 62.7 Å². The van der Waals surface area contributed by atoms with Gasteiger partial charge in [-0.2, -0.15) is 0 Å². The molecule has 1 spiro atoms. The van der Waals surface area contributed by atoms with E-state index in [0.29, 0.717) is 23.5 Å². The average Bonchev–Trinajstić information content (AvgIpc) is 2.98. The molecule has 2 aliphatic heterocycles. The van der Waals surface area contributed by atoms with Crippen LogP contribution in [0, 0.1) is 17.2 Å². The molecular formula is C32H46FN7O3. The van der Waals surface area contributed by atoms with E-state index in [1.54, 1.807) is 37.1 Å². The molecule has 3 aliphatic rings. The number of anilines is 1. The molecule has 11 heteroatoms. The summed E-state index contributed by atoms with van der Waals surface area (Å²) in [5, 5.41) is 3.14. The van der Waals surface area contributed by atoms with E-state index in [2.05, 4.69) is 25.1 Å². The number of ether oxygens (including phenoxy) is 1. The maximum atomic E-state index is 14.1. The molecule has 2 aromatic rings. The smallest absolute Gasteiger partial charge is 0.317 e. The number of halogens is 1. The summed E-state index contributed by atoms with van der Waals surface area (Å²) in [5.74, 6) is 1.34. The standard InChI is InChI=1S/C32H46FN7O3/c1-22(2)38(5)30(41)26-16-24(33)8-11-27(26)43-28-17-34-21-35-29(28)40-19-32(20-40)12-14-39(15-13-32)18-23-6-9-25(10-7-23)36-31(42)37(3)4/h8,11,16-17,21-23,25H,6-7,9-10,12-15,18-20H2,1-5H3,(H,36,42). The highest BCUT2D eigenvalue weighted by Gasteiger charge is 2.46. The van der Waals surface area contributed by atoms with Crippen LogP contribution in [-0.2, 0) is 0 Å². The molecule has 43 heavy (non-hydrogen) atoms. The van der Waals surface area contributed by atoms with Crippen LogP contribution in [0.15, 0.2) is 30.7 Å². The highest BCUT2D eigenvalue weighted by molar-refractivity contribution is 5.97. The van der Waals surface area contributed by atoms with Crippen LogP contribution in [0.5, 0.6) is 11.5 Å². The fourth-order valence-electron chi connectivity index (χ4n) is 6.52. The van der Waals surface area contributed by atoms with Gasteiger partial charge in [-0.3, -0.25) is 4.79 Å². The summed E-state index contributed by atoms with van der Waals surface area (Å²) >= 11 is 0. The highest BCUT2D eigenvalue weighted by Crippen LogP contribution is 2.45. The number of benzene rings is 1. The summed E-state index contributed by atoms with van der Waals surface area (Å²) < 4.78 is 20.4. The summed E-state index contributed by atoms with van der Waals surface area (Å²) in [6.45, 7) is 8.96. The van der Waals surface area contributed by atoms with E-state index in [0.717, 1.165) is 58.4 Å². The van der Waals surface area contributed by atoms with E-state index in [-0.39, 0.29) is 34.7 Å². The quantitative estimate of drug-likeness (QED) is 0.476. The largest absolute Gasteiger partial charge is 0.451 e. The Morgan fingerprint density at radius 3 is 2.44 bits per heavy atom. The number of rotatable bonds is 8. The lowest BCUT2D eigenvalue weighted by molar-refractivity contribution is 0.0615. The maximum absolute atomic E-state index is 14.1. The normalized spacial score (nSPS) is 21.8. The molecular weight excluding hydrogens is 549 g/mol. The van der Waals surface area contributed by atoms with E-state index in [1.165, 1.54) is 37.4 Å². The molecule has 3 fully saturated rings. The second kappa shape index (κ2) is 13.0. The van der Waals surface area contributed by atoms with Gasteiger partial charge in [-0.15, -0.1) is 0 Å². The molecule has 0 unspecified atom stereocenters. The molecule has 3 heterocycles. The molecule has 0 radical (unpaired) electrons. The number of hydrogen-bond donors (Lipinski definition) is 1. The van der Waals surface area contributed by atoms with E-state index < -0.39 is 5.82 Å². The third-order valence-corrected chi connectivity index (χ3v) is 9.51. The first-order valence-corrected chi connectivity index (χ1v) is 15.5. The fourth-order valence-corrected chi connectivity index (χ4v) is 6.52. The predicted octanol–water partition coefficient (Wildman–Crippen LogP) is 4.62. The minimum atomic E-state index is -0.491. The number of aromatic nitrogens is 2. The number of urea groups is 1. The van der Waals surface area contributed by atoms with Gasteiger partial charge in [-0.05, 0) is 89.6 Å². The number of carbonyl (C=O) groups is 2. The molecule has 1 N–H and O–H groups in total. The van der Waals surface area contributed by atoms with Gasteiger partial charge in [0.1, 0.15) is 17.9 Å². The van der Waals surface area contributed by atoms with Crippen molar-refractivity contribution in [2.75, 3.05) is 58.8 Å². The van der Waals surface area contributed by atoms with Gasteiger partial charge in [-0.1, -0.05) is 0 Å². The second-order valence-electron chi connectivity index (χ2n) is 13.2. The van der Waals surface area contributed by atoms with Crippen molar-refractivity contribution in [2.45, 2.75) is 64.5 Å². The topological polar surface area (TPSA) is 94.1 Å². The van der Waals surface area contributed by atoms with Gasteiger partial charge in [0.05, 0.1) is 11.8 Å². The summed E-state index contributed by atoms with van der Waals surface area (Å²) in [6.07, 6.45) is 9.87. The fraction of sp³-hybridized carbons (Fsp3) is 0.625. The van der Waals surface area contributed by atoms with Crippen LogP contribution < -0.4 is 15.0 Å². The average molecular weight is 596 g/mol. The number of hydrogen-bond acceptors (Lipinski definition) is 7. The van der Waals surface area contributed by atoms with Crippen molar-refractivity contribution in [3.63, 3.8) is 0 Å². The molecule has 1 aromatic heterocycles. The minimum absolute atomic E-state index is 0.00440. The number of amides is 3. The molecule has 2 saturated heterocycles. The summed E-state index contributed by atoms with van der Waals surface area (Å²) in [5.41, 5.74) is 0.439. The highest BCUT2D eigenvalue weighted by atomic mass is 19.1. The number of carbonyl (C=O) groups excluding carboxylic acids is 2. The van der Waals surface area contributed by atoms with E-state index in [1.807, 2.05) is 13.8 Å². The Morgan fingerprint density at radius 2 is 1.79 bits per heavy atom. The molecule has 5 rings (SSSR count). The molecule has 3 amide bonds. The van der Waals surface area contributed by atoms with Gasteiger partial charge < -0.3 is 29.7 Å². The van der Waals surface area contributed by atoms with Crippen LogP contribution in [0.25, 0.3) is 0 Å². The Kier molecular flexibility index (Phi) is 9.39. The Bertz CT molecular complexity index is 1280. The van der Waals surface area contributed by atoms with Crippen LogP contribution in [-0.4, -0.2) is 103 Å². The van der Waals surface area contributed by atoms with Crippen molar-refractivity contribution in [3.05, 3.63) is 42.1 Å². The van der Waals surface area contributed by atoms with Gasteiger partial charge in [0.25, 0.3) is 5.91 Å². The van der Waals surface area contributed by atoms with Gasteiger partial charge in [0.2, 0.25) is 0 Å². The van der Waals surface area contributed by atoms with Crippen molar-refractivity contribution >= 4 is 17.8 Å². The number of nitrogens with zero attached hydrogens (tertiary/aromatic N) is 6. The van der Waals surface area contributed by atoms with Crippen LogP contribution >= 0.6 is 0 Å². The molecule has 1 aromatic carbocycles. The van der Waals surface area contributed by atoms with Crippen molar-refractivity contribution < 1.29 is 18.7 Å². The van der Waals surface area contributed by atoms with Crippen molar-refractivity contribution in [3.8, 4) is 11.5 Å². The van der Waals surface area contributed by atoms with Gasteiger partial charge in [0, 0.05) is 58.3 Å². The zero-order valence-electron chi connectivity index (χ0n) is 26.2. The molecule has 0 bridgehead atoms. The zero-order valence-corrected chi connectivity index (χ0v) is 26.2. The molecule has 1 aliphatic carbocycles. The van der Waals surface area contributed by atoms with Gasteiger partial charge >= 0.3 is 6.03 Å². The number of nitrogens with one attached hydrogen (secondary N) is 1. The summed E-state index contributed by atoms with van der Waals surface area (Å²) in [7, 11) is 5.26. The first kappa shape index (κ1) is 31.0. The Balaban J connectivity index is 1.14. The van der Waals surface area contributed by atoms with Crippen molar-refractivity contribution in [1.29, 1.82) is 0 Å². The van der Waals surface area contributed by atoms with Gasteiger partial charge in [-0.25, -0.2) is 19.2 Å².